The molecule has 0 unspecified atom stereocenters. The lowest BCUT2D eigenvalue weighted by Crippen LogP contribution is -1.90. The summed E-state index contributed by atoms with van der Waals surface area (Å²) in [7, 11) is 0. The lowest BCUT2D eigenvalue weighted by Gasteiger charge is -2.09. The third-order valence-corrected chi connectivity index (χ3v) is 3.06. The third-order valence-electron chi connectivity index (χ3n) is 3.06. The van der Waals surface area contributed by atoms with Gasteiger partial charge in [-0.1, -0.05) is 62.4 Å². The van der Waals surface area contributed by atoms with Crippen LogP contribution in [-0.2, 0) is 6.42 Å². The molecule has 16 heavy (non-hydrogen) atoms. The summed E-state index contributed by atoms with van der Waals surface area (Å²) in [5.41, 5.74) is 2.74. The van der Waals surface area contributed by atoms with Gasteiger partial charge in [0.05, 0.1) is 0 Å². The van der Waals surface area contributed by atoms with Crippen molar-refractivity contribution in [2.24, 2.45) is 0 Å². The Labute approximate surface area is 97.6 Å². The van der Waals surface area contributed by atoms with Gasteiger partial charge in [-0.2, -0.15) is 0 Å². The topological polar surface area (TPSA) is 0 Å². The Morgan fingerprint density at radius 2 is 1.94 bits per heavy atom. The maximum absolute atomic E-state index is 3.95. The van der Waals surface area contributed by atoms with E-state index in [-0.39, 0.29) is 0 Å². The maximum atomic E-state index is 3.95. The van der Waals surface area contributed by atoms with Crippen LogP contribution in [0.25, 0.3) is 16.8 Å². The molecule has 0 N–H and O–H groups in total. The molecule has 0 aromatic heterocycles. The van der Waals surface area contributed by atoms with Crippen LogP contribution in [0.5, 0.6) is 0 Å². The van der Waals surface area contributed by atoms with Crippen LogP contribution in [0, 0.1) is 0 Å². The predicted molar refractivity (Wildman–Crippen MR) is 72.7 cm³/mol. The predicted octanol–water partition coefficient (Wildman–Crippen LogP) is 4.83. The second-order valence-corrected chi connectivity index (χ2v) is 4.17. The minimum absolute atomic E-state index is 1.16. The van der Waals surface area contributed by atoms with Gasteiger partial charge in [-0.3, -0.25) is 0 Å². The molecule has 0 amide bonds. The van der Waals surface area contributed by atoms with Crippen molar-refractivity contribution in [2.75, 3.05) is 0 Å². The first-order chi connectivity index (χ1) is 7.86. The van der Waals surface area contributed by atoms with E-state index in [1.165, 1.54) is 34.7 Å². The Balaban J connectivity index is 2.54. The van der Waals surface area contributed by atoms with Gasteiger partial charge in [-0.25, -0.2) is 0 Å². The molecule has 82 valence electrons. The van der Waals surface area contributed by atoms with Crippen molar-refractivity contribution in [2.45, 2.75) is 26.2 Å². The fourth-order valence-corrected chi connectivity index (χ4v) is 2.17. The zero-order chi connectivity index (χ0) is 11.4. The molecule has 0 radical (unpaired) electrons. The van der Waals surface area contributed by atoms with Crippen LogP contribution in [-0.4, -0.2) is 0 Å². The Hall–Kier alpha value is -1.56. The first-order valence-electron chi connectivity index (χ1n) is 6.00. The summed E-state index contributed by atoms with van der Waals surface area (Å²) in [5, 5.41) is 2.63. The van der Waals surface area contributed by atoms with E-state index < -0.39 is 0 Å². The van der Waals surface area contributed by atoms with E-state index in [9.17, 15) is 0 Å². The Bertz CT molecular complexity index is 494. The fourth-order valence-electron chi connectivity index (χ4n) is 2.17. The van der Waals surface area contributed by atoms with Gasteiger partial charge in [0, 0.05) is 0 Å². The van der Waals surface area contributed by atoms with Crippen LogP contribution in [0.1, 0.15) is 30.9 Å². The van der Waals surface area contributed by atoms with Gasteiger partial charge >= 0.3 is 0 Å². The lowest BCUT2D eigenvalue weighted by atomic mass is 9.96. The fraction of sp³-hybridized carbons (Fsp3) is 0.250. The average Bonchev–Trinajstić information content (AvgIpc) is 2.35. The molecular weight excluding hydrogens is 192 g/mol. The van der Waals surface area contributed by atoms with Gasteiger partial charge < -0.3 is 0 Å². The number of benzene rings is 2. The van der Waals surface area contributed by atoms with Crippen LogP contribution >= 0.6 is 0 Å². The van der Waals surface area contributed by atoms with Crippen molar-refractivity contribution in [1.82, 2.24) is 0 Å². The standard InChI is InChI=1S/C16H18/c1-3-5-8-13-11-12-14-9-6-7-10-16(14)15(13)4-2/h4,6-7,9-12H,2-3,5,8H2,1H3. The molecule has 0 heterocycles. The van der Waals surface area contributed by atoms with E-state index in [1.807, 2.05) is 6.08 Å². The molecule has 0 heteroatoms. The summed E-state index contributed by atoms with van der Waals surface area (Å²) >= 11 is 0. The SMILES string of the molecule is C=Cc1c(CCCC)ccc2ccccc12. The van der Waals surface area contributed by atoms with Crippen molar-refractivity contribution >= 4 is 16.8 Å². The van der Waals surface area contributed by atoms with E-state index in [1.54, 1.807) is 0 Å². The molecule has 2 rings (SSSR count). The summed E-state index contributed by atoms with van der Waals surface area (Å²) in [4.78, 5) is 0. The molecule has 0 spiro atoms. The van der Waals surface area contributed by atoms with Crippen LogP contribution in [0.4, 0.5) is 0 Å². The minimum atomic E-state index is 1.16. The van der Waals surface area contributed by atoms with Crippen LogP contribution in [0.3, 0.4) is 0 Å². The summed E-state index contributed by atoms with van der Waals surface area (Å²) in [6, 6.07) is 13.0. The van der Waals surface area contributed by atoms with Crippen molar-refractivity contribution in [3.8, 4) is 0 Å². The molecule has 0 aliphatic carbocycles. The zero-order valence-corrected chi connectivity index (χ0v) is 9.87. The minimum Gasteiger partial charge on any atom is -0.0984 e. The number of aryl methyl sites for hydroxylation is 1. The highest BCUT2D eigenvalue weighted by atomic mass is 14.1. The van der Waals surface area contributed by atoms with Crippen molar-refractivity contribution < 1.29 is 0 Å². The normalized spacial score (nSPS) is 10.6. The molecule has 0 saturated heterocycles. The van der Waals surface area contributed by atoms with Crippen molar-refractivity contribution in [1.29, 1.82) is 0 Å². The molecular formula is C16H18. The molecule has 0 aliphatic heterocycles. The van der Waals surface area contributed by atoms with E-state index >= 15 is 0 Å². The van der Waals surface area contributed by atoms with Gasteiger partial charge in [0.2, 0.25) is 0 Å². The number of hydrogen-bond donors (Lipinski definition) is 0. The molecule has 0 bridgehead atoms. The Morgan fingerprint density at radius 3 is 2.69 bits per heavy atom. The van der Waals surface area contributed by atoms with E-state index in [0.29, 0.717) is 0 Å². The Kier molecular flexibility index (Phi) is 3.40. The third kappa shape index (κ3) is 2.01. The average molecular weight is 210 g/mol. The molecule has 2 aromatic rings. The molecule has 0 aliphatic rings. The second-order valence-electron chi connectivity index (χ2n) is 4.17. The zero-order valence-electron chi connectivity index (χ0n) is 9.87. The van der Waals surface area contributed by atoms with E-state index in [2.05, 4.69) is 49.9 Å². The number of rotatable bonds is 4. The highest BCUT2D eigenvalue weighted by Gasteiger charge is 2.03. The quantitative estimate of drug-likeness (QED) is 0.678. The molecule has 0 atom stereocenters. The van der Waals surface area contributed by atoms with Gasteiger partial charge in [0.1, 0.15) is 0 Å². The summed E-state index contributed by atoms with van der Waals surface area (Å²) in [5.74, 6) is 0. The van der Waals surface area contributed by atoms with Crippen molar-refractivity contribution in [3.05, 3.63) is 54.1 Å². The van der Waals surface area contributed by atoms with Gasteiger partial charge in [-0.15, -0.1) is 0 Å². The van der Waals surface area contributed by atoms with Crippen LogP contribution in [0.15, 0.2) is 43.0 Å². The largest absolute Gasteiger partial charge is 0.0984 e. The highest BCUT2D eigenvalue weighted by Crippen LogP contribution is 2.24. The molecule has 0 fully saturated rings. The van der Waals surface area contributed by atoms with Crippen LogP contribution < -0.4 is 0 Å². The van der Waals surface area contributed by atoms with Gasteiger partial charge in [-0.05, 0) is 34.7 Å². The van der Waals surface area contributed by atoms with E-state index in [4.69, 9.17) is 0 Å². The molecule has 0 saturated carbocycles. The molecule has 2 aromatic carbocycles. The second kappa shape index (κ2) is 4.98. The van der Waals surface area contributed by atoms with E-state index in [0.717, 1.165) is 6.42 Å². The smallest absolute Gasteiger partial charge is 0.0109 e. The maximum Gasteiger partial charge on any atom is -0.0109 e. The number of hydrogen-bond acceptors (Lipinski definition) is 0. The number of fused-ring (bicyclic) bond motifs is 1. The van der Waals surface area contributed by atoms with Crippen molar-refractivity contribution in [3.63, 3.8) is 0 Å². The van der Waals surface area contributed by atoms with Crippen LogP contribution in [0.2, 0.25) is 0 Å². The summed E-state index contributed by atoms with van der Waals surface area (Å²) in [6.07, 6.45) is 5.64. The summed E-state index contributed by atoms with van der Waals surface area (Å²) in [6.45, 7) is 6.18. The molecule has 0 nitrogen and oxygen atoms in total. The first kappa shape index (κ1) is 10.9. The lowest BCUT2D eigenvalue weighted by molar-refractivity contribution is 0.795. The summed E-state index contributed by atoms with van der Waals surface area (Å²) < 4.78 is 0. The Morgan fingerprint density at radius 1 is 1.12 bits per heavy atom. The monoisotopic (exact) mass is 210 g/mol. The van der Waals surface area contributed by atoms with Gasteiger partial charge in [0.25, 0.3) is 0 Å². The van der Waals surface area contributed by atoms with Gasteiger partial charge in [0.15, 0.2) is 0 Å². The first-order valence-corrected chi connectivity index (χ1v) is 6.00. The highest BCUT2D eigenvalue weighted by molar-refractivity contribution is 5.91. The number of unbranched alkanes of at least 4 members (excludes halogenated alkanes) is 1.